The normalized spacial score (nSPS) is 26.5. The third-order valence-corrected chi connectivity index (χ3v) is 4.91. The Hall–Kier alpha value is -2.16. The van der Waals surface area contributed by atoms with Crippen LogP contribution in [-0.4, -0.2) is 10.2 Å². The molecule has 22 heavy (non-hydrogen) atoms. The lowest BCUT2D eigenvalue weighted by atomic mass is 9.68. The molecule has 110 valence electrons. The zero-order valence-corrected chi connectivity index (χ0v) is 12.7. The summed E-state index contributed by atoms with van der Waals surface area (Å²) in [5, 5.41) is 24.5. The molecule has 0 fully saturated rings. The van der Waals surface area contributed by atoms with Crippen molar-refractivity contribution in [3.63, 3.8) is 0 Å². The highest BCUT2D eigenvalue weighted by atomic mass is 16.3. The second kappa shape index (κ2) is 4.19. The van der Waals surface area contributed by atoms with Crippen molar-refractivity contribution in [3.05, 3.63) is 82.9 Å². The molecule has 1 aliphatic rings. The van der Waals surface area contributed by atoms with Crippen molar-refractivity contribution in [1.82, 2.24) is 0 Å². The highest BCUT2D eigenvalue weighted by Gasteiger charge is 2.44. The van der Waals surface area contributed by atoms with E-state index in [4.69, 9.17) is 0 Å². The van der Waals surface area contributed by atoms with Crippen molar-refractivity contribution in [1.29, 1.82) is 0 Å². The molecule has 2 heteroatoms. The number of rotatable bonds is 0. The predicted molar refractivity (Wildman–Crippen MR) is 87.7 cm³/mol. The largest absolute Gasteiger partial charge is 0.381 e. The third-order valence-electron chi connectivity index (χ3n) is 4.91. The molecule has 0 spiro atoms. The van der Waals surface area contributed by atoms with Gasteiger partial charge in [-0.15, -0.1) is 0 Å². The van der Waals surface area contributed by atoms with E-state index in [2.05, 4.69) is 0 Å². The van der Waals surface area contributed by atoms with Crippen molar-refractivity contribution < 1.29 is 10.2 Å². The summed E-state index contributed by atoms with van der Waals surface area (Å²) >= 11 is 0. The highest BCUT2D eigenvalue weighted by molar-refractivity contribution is 5.85. The quantitative estimate of drug-likeness (QED) is 0.663. The molecule has 0 amide bonds. The van der Waals surface area contributed by atoms with E-state index in [9.17, 15) is 10.2 Å². The maximum Gasteiger partial charge on any atom is 0.113 e. The molecule has 2 N–H and O–H groups in total. The van der Waals surface area contributed by atoms with Gasteiger partial charge in [0, 0.05) is 0 Å². The molecule has 0 radical (unpaired) electrons. The van der Waals surface area contributed by atoms with Crippen LogP contribution in [0.2, 0.25) is 0 Å². The fraction of sp³-hybridized carbons (Fsp3) is 0.200. The minimum absolute atomic E-state index is 0.766. The minimum atomic E-state index is -1.11. The Bertz CT molecular complexity index is 818. The van der Waals surface area contributed by atoms with Gasteiger partial charge in [-0.1, -0.05) is 48.5 Å². The van der Waals surface area contributed by atoms with Gasteiger partial charge >= 0.3 is 0 Å². The first kappa shape index (κ1) is 13.5. The van der Waals surface area contributed by atoms with Gasteiger partial charge in [0.2, 0.25) is 0 Å². The number of hydrogen-bond donors (Lipinski definition) is 2. The Morgan fingerprint density at radius 2 is 0.955 bits per heavy atom. The molecule has 3 aromatic rings. The van der Waals surface area contributed by atoms with E-state index < -0.39 is 11.2 Å². The SMILES string of the molecule is CC1(O)c2ccccc2C(C)(O)c2cc3ccccc3cc21. The van der Waals surface area contributed by atoms with Crippen molar-refractivity contribution in [3.8, 4) is 0 Å². The van der Waals surface area contributed by atoms with Crippen LogP contribution in [0.15, 0.2) is 60.7 Å². The van der Waals surface area contributed by atoms with Crippen LogP contribution in [0.4, 0.5) is 0 Å². The standard InChI is InChI=1S/C20H18O2/c1-19(21)15-9-5-6-10-16(15)20(2,22)18-12-14-8-4-3-7-13(14)11-17(18)19/h3-12,21-22H,1-2H3. The second-order valence-electron chi connectivity index (χ2n) is 6.43. The van der Waals surface area contributed by atoms with Crippen LogP contribution in [0.1, 0.15) is 36.1 Å². The van der Waals surface area contributed by atoms with E-state index in [1.165, 1.54) is 0 Å². The van der Waals surface area contributed by atoms with Crippen molar-refractivity contribution in [2.75, 3.05) is 0 Å². The van der Waals surface area contributed by atoms with E-state index >= 15 is 0 Å². The summed E-state index contributed by atoms with van der Waals surface area (Å²) in [6.07, 6.45) is 0. The molecule has 0 aromatic heterocycles. The first-order valence-corrected chi connectivity index (χ1v) is 7.51. The Labute approximate surface area is 129 Å². The van der Waals surface area contributed by atoms with Gasteiger partial charge in [0.15, 0.2) is 0 Å². The van der Waals surface area contributed by atoms with Gasteiger partial charge in [-0.3, -0.25) is 0 Å². The summed E-state index contributed by atoms with van der Waals surface area (Å²) in [6, 6.07) is 19.6. The van der Waals surface area contributed by atoms with E-state index in [-0.39, 0.29) is 0 Å². The fourth-order valence-corrected chi connectivity index (χ4v) is 3.67. The van der Waals surface area contributed by atoms with Gasteiger partial charge in [0.05, 0.1) is 0 Å². The summed E-state index contributed by atoms with van der Waals surface area (Å²) in [4.78, 5) is 0. The lowest BCUT2D eigenvalue weighted by Gasteiger charge is -2.41. The second-order valence-corrected chi connectivity index (χ2v) is 6.43. The predicted octanol–water partition coefficient (Wildman–Crippen LogP) is 3.66. The average Bonchev–Trinajstić information content (AvgIpc) is 2.52. The monoisotopic (exact) mass is 290 g/mol. The minimum Gasteiger partial charge on any atom is -0.381 e. The molecule has 0 saturated carbocycles. The van der Waals surface area contributed by atoms with E-state index in [0.717, 1.165) is 33.0 Å². The number of aliphatic hydroxyl groups is 2. The molecule has 0 aliphatic heterocycles. The molecule has 0 saturated heterocycles. The van der Waals surface area contributed by atoms with Crippen LogP contribution < -0.4 is 0 Å². The van der Waals surface area contributed by atoms with Gasteiger partial charge in [0.25, 0.3) is 0 Å². The maximum atomic E-state index is 11.2. The lowest BCUT2D eigenvalue weighted by Crippen LogP contribution is -2.39. The lowest BCUT2D eigenvalue weighted by molar-refractivity contribution is 0.0511. The summed E-state index contributed by atoms with van der Waals surface area (Å²) < 4.78 is 0. The van der Waals surface area contributed by atoms with Crippen molar-refractivity contribution >= 4 is 10.8 Å². The topological polar surface area (TPSA) is 40.5 Å². The van der Waals surface area contributed by atoms with Crippen LogP contribution in [0, 0.1) is 0 Å². The van der Waals surface area contributed by atoms with Crippen LogP contribution in [-0.2, 0) is 11.2 Å². The van der Waals surface area contributed by atoms with Gasteiger partial charge < -0.3 is 10.2 Å². The number of hydrogen-bond acceptors (Lipinski definition) is 2. The Morgan fingerprint density at radius 3 is 1.36 bits per heavy atom. The Kier molecular flexibility index (Phi) is 2.57. The third kappa shape index (κ3) is 1.62. The first-order valence-electron chi connectivity index (χ1n) is 7.51. The van der Waals surface area contributed by atoms with Gasteiger partial charge in [-0.25, -0.2) is 0 Å². The number of benzene rings is 3. The van der Waals surface area contributed by atoms with Gasteiger partial charge in [-0.05, 0) is 59.0 Å². The molecule has 0 bridgehead atoms. The molecular weight excluding hydrogens is 272 g/mol. The molecule has 4 rings (SSSR count). The molecule has 2 unspecified atom stereocenters. The Morgan fingerprint density at radius 1 is 0.591 bits per heavy atom. The van der Waals surface area contributed by atoms with Crippen molar-refractivity contribution in [2.45, 2.75) is 25.0 Å². The number of fused-ring (bicyclic) bond motifs is 3. The van der Waals surface area contributed by atoms with Gasteiger partial charge in [-0.2, -0.15) is 0 Å². The fourth-order valence-electron chi connectivity index (χ4n) is 3.67. The first-order chi connectivity index (χ1) is 10.4. The van der Waals surface area contributed by atoms with Crippen molar-refractivity contribution in [2.24, 2.45) is 0 Å². The maximum absolute atomic E-state index is 11.2. The molecule has 1 aliphatic carbocycles. The molecule has 2 atom stereocenters. The van der Waals surface area contributed by atoms with E-state index in [0.29, 0.717) is 0 Å². The molecular formula is C20H18O2. The van der Waals surface area contributed by atoms with Crippen LogP contribution in [0.3, 0.4) is 0 Å². The van der Waals surface area contributed by atoms with E-state index in [1.54, 1.807) is 13.8 Å². The van der Waals surface area contributed by atoms with Gasteiger partial charge in [0.1, 0.15) is 11.2 Å². The summed E-state index contributed by atoms with van der Waals surface area (Å²) in [5.41, 5.74) is 0.853. The molecule has 3 aromatic carbocycles. The van der Waals surface area contributed by atoms with E-state index in [1.807, 2.05) is 60.7 Å². The molecule has 0 heterocycles. The van der Waals surface area contributed by atoms with Crippen LogP contribution >= 0.6 is 0 Å². The summed E-state index contributed by atoms with van der Waals surface area (Å²) in [7, 11) is 0. The zero-order valence-electron chi connectivity index (χ0n) is 12.7. The summed E-state index contributed by atoms with van der Waals surface area (Å²) in [5.74, 6) is 0. The van der Waals surface area contributed by atoms with Crippen LogP contribution in [0.25, 0.3) is 10.8 Å². The summed E-state index contributed by atoms with van der Waals surface area (Å²) in [6.45, 7) is 3.60. The Balaban J connectivity index is 2.14. The molecule has 2 nitrogen and oxygen atoms in total. The average molecular weight is 290 g/mol. The highest BCUT2D eigenvalue weighted by Crippen LogP contribution is 2.48. The smallest absolute Gasteiger partial charge is 0.113 e. The zero-order chi connectivity index (χ0) is 15.5. The van der Waals surface area contributed by atoms with Crippen LogP contribution in [0.5, 0.6) is 0 Å².